The number of ether oxygens (including phenoxy) is 2. The third-order valence-electron chi connectivity index (χ3n) is 5.66. The van der Waals surface area contributed by atoms with Crippen molar-refractivity contribution in [2.24, 2.45) is 0 Å². The first-order chi connectivity index (χ1) is 14.3. The van der Waals surface area contributed by atoms with Gasteiger partial charge in [-0.2, -0.15) is 0 Å². The molecule has 8 heteroatoms. The van der Waals surface area contributed by atoms with Crippen molar-refractivity contribution in [1.29, 1.82) is 0 Å². The van der Waals surface area contributed by atoms with E-state index in [4.69, 9.17) is 9.47 Å². The lowest BCUT2D eigenvalue weighted by Gasteiger charge is -2.38. The van der Waals surface area contributed by atoms with Gasteiger partial charge >= 0.3 is 12.1 Å². The van der Waals surface area contributed by atoms with Crippen LogP contribution >= 0.6 is 0 Å². The van der Waals surface area contributed by atoms with E-state index in [1.165, 1.54) is 0 Å². The van der Waals surface area contributed by atoms with Crippen LogP contribution in [0.25, 0.3) is 0 Å². The standard InChI is InChI=1S/C22H34N4O4/c1-16(2)24-11-13-26(14-12-24)22(28)30-19-7-9-25(10-8-19)20-6-5-18(15-23-20)21(27)29-17(3)4/h5-6,15-17,19H,7-14H2,1-4H3. The average molecular weight is 419 g/mol. The maximum Gasteiger partial charge on any atom is 0.410 e. The number of carbonyl (C=O) groups excluding carboxylic acids is 2. The quantitative estimate of drug-likeness (QED) is 0.681. The largest absolute Gasteiger partial charge is 0.459 e. The molecule has 0 bridgehead atoms. The molecule has 166 valence electrons. The van der Waals surface area contributed by atoms with Crippen molar-refractivity contribution < 1.29 is 19.1 Å². The number of rotatable bonds is 5. The second kappa shape index (κ2) is 10.1. The summed E-state index contributed by atoms with van der Waals surface area (Å²) in [5.74, 6) is 0.467. The summed E-state index contributed by atoms with van der Waals surface area (Å²) in [6.07, 6.45) is 2.70. The summed E-state index contributed by atoms with van der Waals surface area (Å²) in [6.45, 7) is 12.8. The highest BCUT2D eigenvalue weighted by atomic mass is 16.6. The second-order valence-electron chi connectivity index (χ2n) is 8.55. The van der Waals surface area contributed by atoms with Gasteiger partial charge in [0.15, 0.2) is 0 Å². The van der Waals surface area contributed by atoms with Gasteiger partial charge in [0.2, 0.25) is 0 Å². The van der Waals surface area contributed by atoms with Gasteiger partial charge in [0, 0.05) is 64.3 Å². The van der Waals surface area contributed by atoms with E-state index < -0.39 is 0 Å². The monoisotopic (exact) mass is 418 g/mol. The third-order valence-corrected chi connectivity index (χ3v) is 5.66. The van der Waals surface area contributed by atoms with Crippen LogP contribution in [0.5, 0.6) is 0 Å². The number of anilines is 1. The normalized spacial score (nSPS) is 18.7. The molecule has 1 amide bonds. The first kappa shape index (κ1) is 22.3. The Labute approximate surface area is 179 Å². The van der Waals surface area contributed by atoms with Crippen molar-refractivity contribution in [2.45, 2.75) is 58.8 Å². The number of nitrogens with zero attached hydrogens (tertiary/aromatic N) is 4. The molecule has 2 saturated heterocycles. The Morgan fingerprint density at radius 1 is 1.00 bits per heavy atom. The lowest BCUT2D eigenvalue weighted by molar-refractivity contribution is 0.0336. The highest BCUT2D eigenvalue weighted by Gasteiger charge is 2.28. The van der Waals surface area contributed by atoms with Gasteiger partial charge in [-0.25, -0.2) is 14.6 Å². The molecule has 0 radical (unpaired) electrons. The summed E-state index contributed by atoms with van der Waals surface area (Å²) in [6, 6.07) is 4.10. The summed E-state index contributed by atoms with van der Waals surface area (Å²) in [5.41, 5.74) is 0.453. The SMILES string of the molecule is CC(C)OC(=O)c1ccc(N2CCC(OC(=O)N3CCN(C(C)C)CC3)CC2)nc1. The van der Waals surface area contributed by atoms with E-state index in [0.29, 0.717) is 11.6 Å². The van der Waals surface area contributed by atoms with Crippen molar-refractivity contribution in [3.05, 3.63) is 23.9 Å². The number of carbonyl (C=O) groups is 2. The minimum Gasteiger partial charge on any atom is -0.459 e. The smallest absolute Gasteiger partial charge is 0.410 e. The second-order valence-corrected chi connectivity index (χ2v) is 8.55. The number of hydrogen-bond donors (Lipinski definition) is 0. The maximum absolute atomic E-state index is 12.5. The van der Waals surface area contributed by atoms with Crippen molar-refractivity contribution in [2.75, 3.05) is 44.2 Å². The molecule has 1 aromatic rings. The number of pyridine rings is 1. The lowest BCUT2D eigenvalue weighted by atomic mass is 10.1. The van der Waals surface area contributed by atoms with Crippen molar-refractivity contribution in [3.8, 4) is 0 Å². The molecule has 0 saturated carbocycles. The van der Waals surface area contributed by atoms with Gasteiger partial charge in [-0.1, -0.05) is 0 Å². The Morgan fingerprint density at radius 3 is 2.20 bits per heavy atom. The summed E-state index contributed by atoms with van der Waals surface area (Å²) in [7, 11) is 0. The fourth-order valence-corrected chi connectivity index (χ4v) is 3.82. The fourth-order valence-electron chi connectivity index (χ4n) is 3.82. The van der Waals surface area contributed by atoms with Crippen molar-refractivity contribution in [3.63, 3.8) is 0 Å². The molecule has 8 nitrogen and oxygen atoms in total. The van der Waals surface area contributed by atoms with Gasteiger partial charge < -0.3 is 19.3 Å². The van der Waals surface area contributed by atoms with Crippen LogP contribution in [-0.2, 0) is 9.47 Å². The fraction of sp³-hybridized carbons (Fsp3) is 0.682. The zero-order valence-electron chi connectivity index (χ0n) is 18.5. The zero-order valence-corrected chi connectivity index (χ0v) is 18.5. The Hall–Kier alpha value is -2.35. The predicted octanol–water partition coefficient (Wildman–Crippen LogP) is 2.78. The maximum atomic E-state index is 12.5. The highest BCUT2D eigenvalue weighted by Crippen LogP contribution is 2.21. The first-order valence-corrected chi connectivity index (χ1v) is 10.9. The minimum atomic E-state index is -0.358. The van der Waals surface area contributed by atoms with Crippen LogP contribution < -0.4 is 4.90 Å². The van der Waals surface area contributed by atoms with E-state index in [1.54, 1.807) is 12.3 Å². The Morgan fingerprint density at radius 2 is 1.67 bits per heavy atom. The van der Waals surface area contributed by atoms with Gasteiger partial charge in [-0.3, -0.25) is 4.90 Å². The summed E-state index contributed by atoms with van der Waals surface area (Å²) >= 11 is 0. The molecule has 0 aromatic carbocycles. The molecule has 3 heterocycles. The van der Waals surface area contributed by atoms with Gasteiger partial charge in [0.05, 0.1) is 11.7 Å². The Bertz CT molecular complexity index is 706. The summed E-state index contributed by atoms with van der Waals surface area (Å²) in [5, 5.41) is 0. The summed E-state index contributed by atoms with van der Waals surface area (Å²) < 4.78 is 11.0. The molecule has 2 aliphatic heterocycles. The highest BCUT2D eigenvalue weighted by molar-refractivity contribution is 5.89. The molecule has 0 N–H and O–H groups in total. The van der Waals surface area contributed by atoms with E-state index in [2.05, 4.69) is 28.6 Å². The van der Waals surface area contributed by atoms with Gasteiger partial charge in [-0.05, 0) is 39.8 Å². The molecule has 0 spiro atoms. The molecule has 2 aliphatic rings. The van der Waals surface area contributed by atoms with Crippen molar-refractivity contribution >= 4 is 17.9 Å². The van der Waals surface area contributed by atoms with Gasteiger partial charge in [0.1, 0.15) is 11.9 Å². The van der Waals surface area contributed by atoms with Crippen LogP contribution in [0.2, 0.25) is 0 Å². The molecule has 0 aliphatic carbocycles. The average Bonchev–Trinajstić information content (AvgIpc) is 2.74. The third kappa shape index (κ3) is 5.84. The van der Waals surface area contributed by atoms with Gasteiger partial charge in [0.25, 0.3) is 0 Å². The van der Waals surface area contributed by atoms with E-state index in [0.717, 1.165) is 57.9 Å². The van der Waals surface area contributed by atoms with Crippen LogP contribution in [0.4, 0.5) is 10.6 Å². The first-order valence-electron chi connectivity index (χ1n) is 10.9. The predicted molar refractivity (Wildman–Crippen MR) is 115 cm³/mol. The Kier molecular flexibility index (Phi) is 7.53. The van der Waals surface area contributed by atoms with Crippen LogP contribution in [0.15, 0.2) is 18.3 Å². The number of amides is 1. The van der Waals surface area contributed by atoms with Gasteiger partial charge in [-0.15, -0.1) is 0 Å². The molecule has 3 rings (SSSR count). The van der Waals surface area contributed by atoms with E-state index >= 15 is 0 Å². The minimum absolute atomic E-state index is 0.0582. The van der Waals surface area contributed by atoms with Crippen LogP contribution in [0.1, 0.15) is 50.9 Å². The molecule has 1 aromatic heterocycles. The number of aromatic nitrogens is 1. The van der Waals surface area contributed by atoms with Crippen LogP contribution in [0, 0.1) is 0 Å². The molecular formula is C22H34N4O4. The van der Waals surface area contributed by atoms with Crippen LogP contribution in [0.3, 0.4) is 0 Å². The number of piperidine rings is 1. The van der Waals surface area contributed by atoms with E-state index in [1.807, 2.05) is 24.8 Å². The van der Waals surface area contributed by atoms with E-state index in [9.17, 15) is 9.59 Å². The lowest BCUT2D eigenvalue weighted by Crippen LogP contribution is -2.51. The summed E-state index contributed by atoms with van der Waals surface area (Å²) in [4.78, 5) is 35.2. The zero-order chi connectivity index (χ0) is 21.7. The van der Waals surface area contributed by atoms with Crippen molar-refractivity contribution in [1.82, 2.24) is 14.8 Å². The molecule has 2 fully saturated rings. The Balaban J connectivity index is 1.43. The molecule has 30 heavy (non-hydrogen) atoms. The number of piperazine rings is 1. The molecule has 0 atom stereocenters. The molecule has 0 unspecified atom stereocenters. The topological polar surface area (TPSA) is 75.2 Å². The van der Waals surface area contributed by atoms with Crippen LogP contribution in [-0.4, -0.2) is 84.4 Å². The molecular weight excluding hydrogens is 384 g/mol. The van der Waals surface area contributed by atoms with E-state index in [-0.39, 0.29) is 24.3 Å². The number of esters is 1. The number of hydrogen-bond acceptors (Lipinski definition) is 7.